The van der Waals surface area contributed by atoms with Crippen molar-refractivity contribution in [1.29, 1.82) is 0 Å². The molecule has 0 aliphatic carbocycles. The van der Waals surface area contributed by atoms with Gasteiger partial charge >= 0.3 is 5.97 Å². The molecule has 0 bridgehead atoms. The highest BCUT2D eigenvalue weighted by atomic mass is 35.5. The van der Waals surface area contributed by atoms with E-state index in [1.165, 1.54) is 0 Å². The van der Waals surface area contributed by atoms with E-state index >= 15 is 0 Å². The Morgan fingerprint density at radius 1 is 0.860 bits per heavy atom. The highest BCUT2D eigenvalue weighted by molar-refractivity contribution is 6.30. The zero-order chi connectivity index (χ0) is 29.7. The van der Waals surface area contributed by atoms with E-state index in [0.29, 0.717) is 23.2 Å². The van der Waals surface area contributed by atoms with Crippen molar-refractivity contribution in [2.75, 3.05) is 25.6 Å². The Morgan fingerprint density at radius 2 is 1.51 bits per heavy atom. The van der Waals surface area contributed by atoms with Gasteiger partial charge in [-0.2, -0.15) is 0 Å². The molecule has 2 fully saturated rings. The number of aliphatic imine (C=N–C) groups is 1. The molecule has 7 nitrogen and oxygen atoms in total. The van der Waals surface area contributed by atoms with Crippen LogP contribution < -0.4 is 9.64 Å². The average Bonchev–Trinajstić information content (AvgIpc) is 3.53. The number of esters is 1. The normalized spacial score (nSPS) is 26.8. The molecule has 216 valence electrons. The quantitative estimate of drug-likeness (QED) is 0.213. The Bertz CT molecular complexity index is 1700. The maximum atomic E-state index is 14.4. The van der Waals surface area contributed by atoms with Gasteiger partial charge in [0, 0.05) is 28.7 Å². The Balaban J connectivity index is 1.42. The van der Waals surface area contributed by atoms with E-state index < -0.39 is 29.5 Å². The second kappa shape index (κ2) is 10.7. The number of methoxy groups -OCH3 is 1. The summed E-state index contributed by atoms with van der Waals surface area (Å²) in [5, 5.41) is 0.614. The summed E-state index contributed by atoms with van der Waals surface area (Å²) in [7, 11) is 3.61. The fourth-order valence-electron chi connectivity index (χ4n) is 7.05. The predicted octanol–water partition coefficient (Wildman–Crippen LogP) is 5.69. The summed E-state index contributed by atoms with van der Waals surface area (Å²) in [5.41, 5.74) is 2.00. The predicted molar refractivity (Wildman–Crippen MR) is 166 cm³/mol. The summed E-state index contributed by atoms with van der Waals surface area (Å²) in [4.78, 5) is 37.6. The molecule has 0 aromatic heterocycles. The Hall–Kier alpha value is -4.46. The van der Waals surface area contributed by atoms with E-state index in [2.05, 4.69) is 4.90 Å². The van der Waals surface area contributed by atoms with E-state index in [9.17, 15) is 9.59 Å². The molecule has 7 rings (SSSR count). The summed E-state index contributed by atoms with van der Waals surface area (Å²) >= 11 is 6.27. The molecule has 0 saturated carbocycles. The molecule has 1 amide bonds. The maximum Gasteiger partial charge on any atom is 0.343 e. The van der Waals surface area contributed by atoms with E-state index in [4.69, 9.17) is 26.1 Å². The minimum atomic E-state index is -1.31. The minimum absolute atomic E-state index is 0.0292. The number of hydrogen-bond donors (Lipinski definition) is 0. The van der Waals surface area contributed by atoms with Crippen molar-refractivity contribution in [3.05, 3.63) is 131 Å². The standard InChI is InChI=1S/C35H30ClN3O4/c1-38-21-28(22-13-15-25(36)16-14-22)35(34(41)43-32(37-35)24-11-7-4-8-12-24)31(38)30-29(23-9-5-3-6-10-23)33(40)39(30)26-17-19-27(42-2)20-18-26/h3-20,28-31H,21H2,1-2H3/t28-,29+,30+,31-,35+/m1/s1. The lowest BCUT2D eigenvalue weighted by Gasteiger charge is -2.53. The lowest BCUT2D eigenvalue weighted by atomic mass is 9.68. The Kier molecular flexibility index (Phi) is 6.79. The number of cyclic esters (lactones) is 1. The summed E-state index contributed by atoms with van der Waals surface area (Å²) < 4.78 is 11.4. The van der Waals surface area contributed by atoms with Gasteiger partial charge in [0.25, 0.3) is 0 Å². The van der Waals surface area contributed by atoms with Crippen LogP contribution in [0.4, 0.5) is 5.69 Å². The molecule has 2 saturated heterocycles. The molecule has 0 N–H and O–H groups in total. The van der Waals surface area contributed by atoms with Gasteiger partial charge in [-0.25, -0.2) is 9.79 Å². The molecule has 3 heterocycles. The van der Waals surface area contributed by atoms with E-state index in [-0.39, 0.29) is 11.8 Å². The molecular weight excluding hydrogens is 562 g/mol. The Morgan fingerprint density at radius 3 is 2.16 bits per heavy atom. The number of hydrogen-bond acceptors (Lipinski definition) is 6. The van der Waals surface area contributed by atoms with Gasteiger partial charge in [0.15, 0.2) is 5.54 Å². The van der Waals surface area contributed by atoms with Crippen LogP contribution >= 0.6 is 11.6 Å². The van der Waals surface area contributed by atoms with Crippen molar-refractivity contribution in [3.63, 3.8) is 0 Å². The number of benzene rings is 4. The average molecular weight is 592 g/mol. The number of carbonyl (C=O) groups excluding carboxylic acids is 2. The summed E-state index contributed by atoms with van der Waals surface area (Å²) in [6.07, 6.45) is 0. The van der Waals surface area contributed by atoms with Crippen molar-refractivity contribution in [1.82, 2.24) is 4.90 Å². The fraction of sp³-hybridized carbons (Fsp3) is 0.229. The van der Waals surface area contributed by atoms with Crippen molar-refractivity contribution in [2.24, 2.45) is 4.99 Å². The van der Waals surface area contributed by atoms with Gasteiger partial charge in [0.05, 0.1) is 25.1 Å². The summed E-state index contributed by atoms with van der Waals surface area (Å²) in [5.74, 6) is -0.261. The zero-order valence-corrected chi connectivity index (χ0v) is 24.5. The molecule has 0 radical (unpaired) electrons. The van der Waals surface area contributed by atoms with E-state index in [0.717, 1.165) is 22.4 Å². The monoisotopic (exact) mass is 591 g/mol. The molecule has 1 spiro atoms. The third-order valence-electron chi connectivity index (χ3n) is 9.00. The number of likely N-dealkylation sites (N-methyl/N-ethyl adjacent to an activating group) is 1. The number of anilines is 1. The largest absolute Gasteiger partial charge is 0.497 e. The topological polar surface area (TPSA) is 71.4 Å². The van der Waals surface area contributed by atoms with Gasteiger partial charge in [0.2, 0.25) is 11.8 Å². The van der Waals surface area contributed by atoms with Crippen molar-refractivity contribution in [2.45, 2.75) is 29.5 Å². The number of halogens is 1. The SMILES string of the molecule is COc1ccc(N2C(=O)[C@@H](c3ccccc3)[C@H]2[C@H]2N(C)C[C@H](c3ccc(Cl)cc3)[C@]23N=C(c2ccccc2)OC3=O)cc1. The molecule has 8 heteroatoms. The van der Waals surface area contributed by atoms with Crippen molar-refractivity contribution >= 4 is 35.1 Å². The fourth-order valence-corrected chi connectivity index (χ4v) is 7.18. The zero-order valence-electron chi connectivity index (χ0n) is 23.8. The lowest BCUT2D eigenvalue weighted by Crippen LogP contribution is -2.71. The van der Waals surface area contributed by atoms with Crippen LogP contribution in [0.1, 0.15) is 28.5 Å². The summed E-state index contributed by atoms with van der Waals surface area (Å²) in [6.45, 7) is 0.537. The van der Waals surface area contributed by atoms with E-state index in [1.807, 2.05) is 121 Å². The molecule has 4 aromatic rings. The summed E-state index contributed by atoms with van der Waals surface area (Å²) in [6, 6.07) is 33.4. The van der Waals surface area contributed by atoms with Gasteiger partial charge in [0.1, 0.15) is 5.75 Å². The minimum Gasteiger partial charge on any atom is -0.497 e. The van der Waals surface area contributed by atoms with Gasteiger partial charge in [-0.3, -0.25) is 9.69 Å². The Labute approximate surface area is 255 Å². The van der Waals surface area contributed by atoms with Gasteiger partial charge in [-0.15, -0.1) is 0 Å². The highest BCUT2D eigenvalue weighted by Crippen LogP contribution is 2.54. The van der Waals surface area contributed by atoms with Crippen LogP contribution in [0.15, 0.2) is 114 Å². The third-order valence-corrected chi connectivity index (χ3v) is 9.25. The third kappa shape index (κ3) is 4.34. The van der Waals surface area contributed by atoms with Crippen LogP contribution in [0.5, 0.6) is 5.75 Å². The first-order valence-electron chi connectivity index (χ1n) is 14.3. The number of β-lactam (4-membered cyclic amide) rings is 1. The molecule has 5 atom stereocenters. The number of carbonyl (C=O) groups is 2. The number of amides is 1. The number of nitrogens with zero attached hydrogens (tertiary/aromatic N) is 3. The van der Waals surface area contributed by atoms with Crippen molar-refractivity contribution in [3.8, 4) is 5.75 Å². The van der Waals surface area contributed by atoms with Gasteiger partial charge in [-0.1, -0.05) is 72.3 Å². The molecule has 4 aromatic carbocycles. The van der Waals surface area contributed by atoms with Gasteiger partial charge < -0.3 is 14.4 Å². The van der Waals surface area contributed by atoms with Crippen LogP contribution in [0, 0.1) is 0 Å². The first-order valence-corrected chi connectivity index (χ1v) is 14.7. The van der Waals surface area contributed by atoms with Crippen LogP contribution in [0.3, 0.4) is 0 Å². The maximum absolute atomic E-state index is 14.4. The second-order valence-corrected chi connectivity index (χ2v) is 11.7. The first-order chi connectivity index (χ1) is 20.9. The molecule has 0 unspecified atom stereocenters. The molecule has 43 heavy (non-hydrogen) atoms. The van der Waals surface area contributed by atoms with Crippen LogP contribution in [-0.4, -0.2) is 61.0 Å². The second-order valence-electron chi connectivity index (χ2n) is 11.3. The van der Waals surface area contributed by atoms with Crippen LogP contribution in [-0.2, 0) is 14.3 Å². The lowest BCUT2D eigenvalue weighted by molar-refractivity contribution is -0.142. The number of likely N-dealkylation sites (tertiary alicyclic amines) is 1. The van der Waals surface area contributed by atoms with E-state index in [1.54, 1.807) is 7.11 Å². The number of ether oxygens (including phenoxy) is 2. The number of rotatable bonds is 6. The highest BCUT2D eigenvalue weighted by Gasteiger charge is 2.70. The van der Waals surface area contributed by atoms with Gasteiger partial charge in [-0.05, 0) is 66.7 Å². The van der Waals surface area contributed by atoms with Crippen LogP contribution in [0.25, 0.3) is 0 Å². The first kappa shape index (κ1) is 27.4. The van der Waals surface area contributed by atoms with Crippen molar-refractivity contribution < 1.29 is 19.1 Å². The molecular formula is C35H30ClN3O4. The smallest absolute Gasteiger partial charge is 0.343 e. The molecule has 3 aliphatic rings. The van der Waals surface area contributed by atoms with Crippen LogP contribution in [0.2, 0.25) is 5.02 Å². The molecule has 3 aliphatic heterocycles.